The zero-order chi connectivity index (χ0) is 30.6. The van der Waals surface area contributed by atoms with Crippen LogP contribution in [0.25, 0.3) is 4.13 Å². The summed E-state index contributed by atoms with van der Waals surface area (Å²) < 4.78 is 142. The quantitative estimate of drug-likeness (QED) is 0.105. The Morgan fingerprint density at radius 3 is 1.05 bits per heavy atom. The maximum Gasteiger partial charge on any atom is 0.480 e. The number of hydrogen-bond donors (Lipinski definition) is 0. The molecule has 0 aliphatic heterocycles. The highest BCUT2D eigenvalue weighted by atomic mass is 32.3. The number of quaternary nitrogens is 1. The molecule has 0 amide bonds. The Morgan fingerprint density at radius 2 is 0.846 bits per heavy atom. The largest absolute Gasteiger partial charge is 0.480 e. The maximum absolute atomic E-state index is 11.4. The first kappa shape index (κ1) is 40.3. The highest BCUT2D eigenvalue weighted by Gasteiger charge is 2.46. The standard InChI is InChI=1S/C17H38NO6.C2F6NO4S2/c1-5-18(6-9-22-15-12-19-2,7-10-23-16-13-20-3)8-11-24-17-14-21-4;3-1(4,5)14(10,11)9-15(12,13)2(6,7)8/h5-17H2,1-4H3;/q+1;-1. The lowest BCUT2D eigenvalue weighted by atomic mass is 10.3. The number of nitrogens with zero attached hydrogens (tertiary/aromatic N) is 2. The molecule has 0 atom stereocenters. The van der Waals surface area contributed by atoms with E-state index in [2.05, 4.69) is 6.92 Å². The van der Waals surface area contributed by atoms with Crippen LogP contribution in [0.15, 0.2) is 0 Å². The van der Waals surface area contributed by atoms with Gasteiger partial charge in [-0.05, 0) is 6.92 Å². The molecule has 0 rings (SSSR count). The molecule has 0 aliphatic rings. The first-order chi connectivity index (χ1) is 17.9. The molecule has 0 fully saturated rings. The van der Waals surface area contributed by atoms with Crippen LogP contribution in [0.1, 0.15) is 6.92 Å². The average Bonchev–Trinajstić information content (AvgIpc) is 2.81. The van der Waals surface area contributed by atoms with Crippen LogP contribution in [0.5, 0.6) is 0 Å². The van der Waals surface area contributed by atoms with Crippen LogP contribution in [-0.2, 0) is 48.5 Å². The van der Waals surface area contributed by atoms with Crippen molar-refractivity contribution in [3.63, 3.8) is 0 Å². The Morgan fingerprint density at radius 1 is 0.564 bits per heavy atom. The third-order valence-electron chi connectivity index (χ3n) is 4.88. The van der Waals surface area contributed by atoms with Crippen molar-refractivity contribution in [3.8, 4) is 0 Å². The fraction of sp³-hybridized carbons (Fsp3) is 1.00. The molecule has 0 aromatic carbocycles. The summed E-state index contributed by atoms with van der Waals surface area (Å²) >= 11 is 0. The molecule has 39 heavy (non-hydrogen) atoms. The Kier molecular flexibility index (Phi) is 20.8. The summed E-state index contributed by atoms with van der Waals surface area (Å²) in [6.45, 7) is 12.0. The second-order valence-electron chi connectivity index (χ2n) is 7.56. The van der Waals surface area contributed by atoms with E-state index in [0.29, 0.717) is 59.5 Å². The third kappa shape index (κ3) is 18.3. The monoisotopic (exact) mass is 632 g/mol. The average molecular weight is 633 g/mol. The molecular formula is C19H38F6N2O10S2. The topological polar surface area (TPSA) is 138 Å². The van der Waals surface area contributed by atoms with Crippen LogP contribution >= 0.6 is 0 Å². The molecule has 0 spiro atoms. The van der Waals surface area contributed by atoms with Gasteiger partial charge in [-0.2, -0.15) is 26.3 Å². The predicted molar refractivity (Wildman–Crippen MR) is 127 cm³/mol. The Balaban J connectivity index is 0. The van der Waals surface area contributed by atoms with Crippen LogP contribution in [0.3, 0.4) is 0 Å². The fourth-order valence-electron chi connectivity index (χ4n) is 2.53. The van der Waals surface area contributed by atoms with Crippen LogP contribution in [-0.4, -0.2) is 139 Å². The molecule has 0 radical (unpaired) electrons. The van der Waals surface area contributed by atoms with Crippen molar-refractivity contribution < 1.29 is 76.1 Å². The van der Waals surface area contributed by atoms with Gasteiger partial charge in [-0.15, -0.1) is 0 Å². The van der Waals surface area contributed by atoms with Crippen molar-refractivity contribution in [2.75, 3.05) is 107 Å². The van der Waals surface area contributed by atoms with E-state index < -0.39 is 31.1 Å². The Hall–Kier alpha value is -0.840. The Bertz CT molecular complexity index is 750. The summed E-state index contributed by atoms with van der Waals surface area (Å²) in [6, 6.07) is 0. The Labute approximate surface area is 225 Å². The maximum atomic E-state index is 11.4. The summed E-state index contributed by atoms with van der Waals surface area (Å²) in [7, 11) is -8.39. The summed E-state index contributed by atoms with van der Waals surface area (Å²) in [5.74, 6) is 0. The lowest BCUT2D eigenvalue weighted by Crippen LogP contribution is -2.53. The van der Waals surface area contributed by atoms with Crippen LogP contribution in [0.2, 0.25) is 0 Å². The summed E-state index contributed by atoms with van der Waals surface area (Å²) in [6.07, 6.45) is 0. The van der Waals surface area contributed by atoms with E-state index in [4.69, 9.17) is 28.4 Å². The minimum atomic E-state index is -6.72. The molecule has 0 saturated carbocycles. The van der Waals surface area contributed by atoms with Gasteiger partial charge in [0.2, 0.25) is 0 Å². The van der Waals surface area contributed by atoms with E-state index in [0.717, 1.165) is 34.8 Å². The van der Waals surface area contributed by atoms with Crippen molar-refractivity contribution in [3.05, 3.63) is 4.13 Å². The van der Waals surface area contributed by atoms with Crippen LogP contribution in [0.4, 0.5) is 26.3 Å². The van der Waals surface area contributed by atoms with E-state index in [1.165, 1.54) is 0 Å². The number of halogens is 6. The third-order valence-corrected chi connectivity index (χ3v) is 7.62. The van der Waals surface area contributed by atoms with E-state index in [-0.39, 0.29) is 0 Å². The van der Waals surface area contributed by atoms with Gasteiger partial charge >= 0.3 is 11.0 Å². The zero-order valence-electron chi connectivity index (χ0n) is 22.3. The normalized spacial score (nSPS) is 13.3. The van der Waals surface area contributed by atoms with Crippen molar-refractivity contribution in [1.82, 2.24) is 0 Å². The van der Waals surface area contributed by atoms with Gasteiger partial charge in [0.1, 0.15) is 19.6 Å². The molecule has 20 heteroatoms. The summed E-state index contributed by atoms with van der Waals surface area (Å²) in [5, 5.41) is 0. The molecule has 0 aliphatic carbocycles. The van der Waals surface area contributed by atoms with Gasteiger partial charge < -0.3 is 37.0 Å². The van der Waals surface area contributed by atoms with Gasteiger partial charge in [0.15, 0.2) is 20.0 Å². The van der Waals surface area contributed by atoms with E-state index in [1.807, 2.05) is 0 Å². The van der Waals surface area contributed by atoms with Gasteiger partial charge in [-0.1, -0.05) is 0 Å². The van der Waals surface area contributed by atoms with E-state index in [9.17, 15) is 43.2 Å². The first-order valence-electron chi connectivity index (χ1n) is 11.4. The number of likely N-dealkylation sites (N-methyl/N-ethyl adjacent to an activating group) is 1. The molecule has 0 heterocycles. The molecule has 12 nitrogen and oxygen atoms in total. The molecule has 0 unspecified atom stereocenters. The first-order valence-corrected chi connectivity index (χ1v) is 14.2. The summed E-state index contributed by atoms with van der Waals surface area (Å²) in [4.78, 5) is 0. The van der Waals surface area contributed by atoms with Crippen LogP contribution in [0, 0.1) is 0 Å². The SMILES string of the molecule is CC[N+](CCOCCOC)(CCOCCOC)CCOCCOC.O=S(=O)([N-]S(=O)(=O)C(F)(F)F)C(F)(F)F. The molecular weight excluding hydrogens is 594 g/mol. The number of sulfonamides is 2. The number of rotatable bonds is 21. The van der Waals surface area contributed by atoms with Gasteiger partial charge in [0.05, 0.1) is 66.0 Å². The minimum Gasteiger partial charge on any atom is -0.421 e. The second-order valence-corrected chi connectivity index (χ2v) is 11.0. The van der Waals surface area contributed by atoms with Crippen LogP contribution < -0.4 is 0 Å². The smallest absolute Gasteiger partial charge is 0.421 e. The summed E-state index contributed by atoms with van der Waals surface area (Å²) in [5.41, 5.74) is -12.4. The van der Waals surface area contributed by atoms with Gasteiger partial charge in [0.25, 0.3) is 0 Å². The van der Waals surface area contributed by atoms with Gasteiger partial charge in [-0.3, -0.25) is 0 Å². The van der Waals surface area contributed by atoms with Gasteiger partial charge in [-0.25, -0.2) is 16.8 Å². The lowest BCUT2D eigenvalue weighted by molar-refractivity contribution is -0.927. The van der Waals surface area contributed by atoms with Crippen molar-refractivity contribution >= 4 is 20.0 Å². The second kappa shape index (κ2) is 20.1. The molecule has 0 bridgehead atoms. The number of methoxy groups -OCH3 is 3. The highest BCUT2D eigenvalue weighted by Crippen LogP contribution is 2.36. The minimum absolute atomic E-state index is 0.631. The molecule has 0 aromatic heterocycles. The number of ether oxygens (including phenoxy) is 6. The fourth-order valence-corrected chi connectivity index (χ4v) is 4.24. The molecule has 0 saturated heterocycles. The number of hydrogen-bond acceptors (Lipinski definition) is 10. The molecule has 0 N–H and O–H groups in total. The van der Waals surface area contributed by atoms with Gasteiger partial charge in [0, 0.05) is 21.3 Å². The highest BCUT2D eigenvalue weighted by molar-refractivity contribution is 8.13. The molecule has 238 valence electrons. The lowest BCUT2D eigenvalue weighted by Gasteiger charge is -2.37. The van der Waals surface area contributed by atoms with Crippen molar-refractivity contribution in [2.45, 2.75) is 17.9 Å². The molecule has 0 aromatic rings. The number of alkyl halides is 6. The van der Waals surface area contributed by atoms with Crippen molar-refractivity contribution in [2.24, 2.45) is 0 Å². The zero-order valence-corrected chi connectivity index (χ0v) is 23.9. The van der Waals surface area contributed by atoms with E-state index >= 15 is 0 Å². The van der Waals surface area contributed by atoms with Crippen molar-refractivity contribution in [1.29, 1.82) is 0 Å². The van der Waals surface area contributed by atoms with E-state index in [1.54, 1.807) is 21.3 Å². The predicted octanol–water partition coefficient (Wildman–Crippen LogP) is 1.87.